The van der Waals surface area contributed by atoms with Gasteiger partial charge >= 0.3 is 11.9 Å². The van der Waals surface area contributed by atoms with E-state index < -0.39 is 11.9 Å². The van der Waals surface area contributed by atoms with Gasteiger partial charge in [0.25, 0.3) is 0 Å². The standard InChI is InChI=1S/C9H12O5.C7H10O2/c1-3-8(11)13-4-5-14-9(12)6-7(2)10;1-5(2)7(9)4-6(3)8/h3H,1,4-6H2,2H3;1,4H2,2-3H3. The average Bonchev–Trinajstić information content (AvgIpc) is 2.42. The van der Waals surface area contributed by atoms with Crippen LogP contribution in [0.15, 0.2) is 24.8 Å². The van der Waals surface area contributed by atoms with E-state index in [4.69, 9.17) is 0 Å². The average molecular weight is 326 g/mol. The van der Waals surface area contributed by atoms with E-state index >= 15 is 0 Å². The highest BCUT2D eigenvalue weighted by Gasteiger charge is 2.06. The van der Waals surface area contributed by atoms with E-state index in [0.717, 1.165) is 6.08 Å². The topological polar surface area (TPSA) is 104 Å². The van der Waals surface area contributed by atoms with Crippen LogP contribution in [-0.4, -0.2) is 42.5 Å². The largest absolute Gasteiger partial charge is 0.462 e. The van der Waals surface area contributed by atoms with E-state index in [1.54, 1.807) is 6.92 Å². The third kappa shape index (κ3) is 17.4. The normalized spacial score (nSPS) is 8.83. The van der Waals surface area contributed by atoms with Gasteiger partial charge in [0.2, 0.25) is 0 Å². The predicted octanol–water partition coefficient (Wildman–Crippen LogP) is 1.35. The van der Waals surface area contributed by atoms with E-state index in [9.17, 15) is 24.0 Å². The highest BCUT2D eigenvalue weighted by Crippen LogP contribution is 1.94. The minimum absolute atomic E-state index is 0.00463. The van der Waals surface area contributed by atoms with Crippen LogP contribution in [0.4, 0.5) is 0 Å². The van der Waals surface area contributed by atoms with Crippen LogP contribution in [0.1, 0.15) is 33.6 Å². The van der Waals surface area contributed by atoms with Gasteiger partial charge in [0.05, 0.1) is 6.42 Å². The summed E-state index contributed by atoms with van der Waals surface area (Å²) < 4.78 is 9.10. The Kier molecular flexibility index (Phi) is 13.0. The van der Waals surface area contributed by atoms with E-state index in [0.29, 0.717) is 5.57 Å². The van der Waals surface area contributed by atoms with Crippen molar-refractivity contribution in [2.24, 2.45) is 0 Å². The van der Waals surface area contributed by atoms with Crippen molar-refractivity contribution in [1.82, 2.24) is 0 Å². The van der Waals surface area contributed by atoms with Gasteiger partial charge in [-0.15, -0.1) is 0 Å². The summed E-state index contributed by atoms with van der Waals surface area (Å²) >= 11 is 0. The number of carbonyl (C=O) groups is 5. The maximum atomic E-state index is 10.8. The predicted molar refractivity (Wildman–Crippen MR) is 82.5 cm³/mol. The quantitative estimate of drug-likeness (QED) is 0.272. The first-order valence-electron chi connectivity index (χ1n) is 6.72. The molecule has 0 fully saturated rings. The molecule has 0 amide bonds. The minimum Gasteiger partial charge on any atom is -0.462 e. The first-order chi connectivity index (χ1) is 10.6. The molecule has 0 aromatic carbocycles. The maximum absolute atomic E-state index is 10.8. The lowest BCUT2D eigenvalue weighted by molar-refractivity contribution is -0.151. The molecule has 0 atom stereocenters. The van der Waals surface area contributed by atoms with E-state index in [1.807, 2.05) is 0 Å². The zero-order valence-corrected chi connectivity index (χ0v) is 13.7. The Morgan fingerprint density at radius 1 is 0.870 bits per heavy atom. The van der Waals surface area contributed by atoms with Crippen LogP contribution < -0.4 is 0 Å². The first kappa shape index (κ1) is 22.7. The van der Waals surface area contributed by atoms with Crippen molar-refractivity contribution in [3.8, 4) is 0 Å². The van der Waals surface area contributed by atoms with Crippen molar-refractivity contribution in [2.45, 2.75) is 33.6 Å². The summed E-state index contributed by atoms with van der Waals surface area (Å²) in [5, 5.41) is 0. The molecule has 23 heavy (non-hydrogen) atoms. The fourth-order valence-electron chi connectivity index (χ4n) is 0.988. The number of esters is 2. The monoisotopic (exact) mass is 326 g/mol. The second-order valence-electron chi connectivity index (χ2n) is 4.55. The van der Waals surface area contributed by atoms with Gasteiger partial charge in [-0.25, -0.2) is 4.79 Å². The third-order valence-corrected chi connectivity index (χ3v) is 2.04. The van der Waals surface area contributed by atoms with E-state index in [1.165, 1.54) is 13.8 Å². The Bertz CT molecular complexity index is 489. The van der Waals surface area contributed by atoms with Gasteiger partial charge in [-0.1, -0.05) is 13.2 Å². The Morgan fingerprint density at radius 2 is 1.35 bits per heavy atom. The fourth-order valence-corrected chi connectivity index (χ4v) is 0.988. The molecule has 0 radical (unpaired) electrons. The Balaban J connectivity index is 0. The molecule has 0 heterocycles. The van der Waals surface area contributed by atoms with E-state index in [-0.39, 0.29) is 43.4 Å². The number of hydrogen-bond acceptors (Lipinski definition) is 7. The van der Waals surface area contributed by atoms with Gasteiger partial charge in [0.1, 0.15) is 31.2 Å². The van der Waals surface area contributed by atoms with Crippen LogP contribution in [0.3, 0.4) is 0 Å². The number of ether oxygens (including phenoxy) is 2. The zero-order valence-electron chi connectivity index (χ0n) is 13.7. The molecule has 0 saturated carbocycles. The summed E-state index contributed by atoms with van der Waals surface area (Å²) in [5.74, 6) is -1.73. The molecule has 7 nitrogen and oxygen atoms in total. The molecule has 0 bridgehead atoms. The molecule has 0 spiro atoms. The number of hydrogen-bond donors (Lipinski definition) is 0. The van der Waals surface area contributed by atoms with Gasteiger partial charge in [0.15, 0.2) is 5.78 Å². The Morgan fingerprint density at radius 3 is 1.70 bits per heavy atom. The molecule has 0 unspecified atom stereocenters. The molecule has 0 aliphatic carbocycles. The third-order valence-electron chi connectivity index (χ3n) is 2.04. The second kappa shape index (κ2) is 13.1. The number of allylic oxidation sites excluding steroid dienone is 1. The molecular weight excluding hydrogens is 304 g/mol. The van der Waals surface area contributed by atoms with Gasteiger partial charge in [-0.3, -0.25) is 19.2 Å². The maximum Gasteiger partial charge on any atom is 0.330 e. The first-order valence-corrected chi connectivity index (χ1v) is 6.72. The summed E-state index contributed by atoms with van der Waals surface area (Å²) in [7, 11) is 0. The summed E-state index contributed by atoms with van der Waals surface area (Å²) in [6.07, 6.45) is 0.752. The van der Waals surface area contributed by atoms with Crippen molar-refractivity contribution in [1.29, 1.82) is 0 Å². The number of ketones is 3. The molecule has 0 aromatic rings. The van der Waals surface area contributed by atoms with Crippen molar-refractivity contribution >= 4 is 29.3 Å². The van der Waals surface area contributed by atoms with Crippen molar-refractivity contribution < 1.29 is 33.4 Å². The molecule has 0 rings (SSSR count). The molecule has 7 heteroatoms. The lowest BCUT2D eigenvalue weighted by Gasteiger charge is -2.03. The smallest absolute Gasteiger partial charge is 0.330 e. The van der Waals surface area contributed by atoms with Crippen LogP contribution in [0.2, 0.25) is 0 Å². The van der Waals surface area contributed by atoms with Crippen LogP contribution >= 0.6 is 0 Å². The van der Waals surface area contributed by atoms with Crippen molar-refractivity contribution in [2.75, 3.05) is 13.2 Å². The van der Waals surface area contributed by atoms with Gasteiger partial charge in [-0.05, 0) is 26.3 Å². The molecule has 0 aliphatic rings. The number of rotatable bonds is 9. The van der Waals surface area contributed by atoms with Gasteiger partial charge in [-0.2, -0.15) is 0 Å². The van der Waals surface area contributed by atoms with Crippen LogP contribution in [0.5, 0.6) is 0 Å². The SMILES string of the molecule is C=C(C)C(=O)CC(C)=O.C=CC(=O)OCCOC(=O)CC(C)=O. The lowest BCUT2D eigenvalue weighted by atomic mass is 10.1. The van der Waals surface area contributed by atoms with Crippen molar-refractivity contribution in [3.05, 3.63) is 24.8 Å². The zero-order chi connectivity index (χ0) is 18.4. The molecular formula is C16H22O7. The summed E-state index contributed by atoms with van der Waals surface area (Å²) in [6, 6.07) is 0. The van der Waals surface area contributed by atoms with Crippen LogP contribution in [0.25, 0.3) is 0 Å². The van der Waals surface area contributed by atoms with Gasteiger partial charge in [0, 0.05) is 6.08 Å². The molecule has 0 aromatic heterocycles. The number of carbonyl (C=O) groups excluding carboxylic acids is 5. The molecule has 0 saturated heterocycles. The van der Waals surface area contributed by atoms with Gasteiger partial charge < -0.3 is 9.47 Å². The highest BCUT2D eigenvalue weighted by atomic mass is 16.6. The summed E-state index contributed by atoms with van der Waals surface area (Å²) in [4.78, 5) is 52.6. The minimum atomic E-state index is -0.618. The molecule has 0 aliphatic heterocycles. The molecule has 128 valence electrons. The lowest BCUT2D eigenvalue weighted by Crippen LogP contribution is -2.14. The van der Waals surface area contributed by atoms with Crippen molar-refractivity contribution in [3.63, 3.8) is 0 Å². The van der Waals surface area contributed by atoms with Crippen LogP contribution in [-0.2, 0) is 33.4 Å². The second-order valence-corrected chi connectivity index (χ2v) is 4.55. The Hall–Kier alpha value is -2.57. The number of Topliss-reactive ketones (excluding diaryl/α,β-unsaturated/α-hetero) is 3. The molecule has 0 N–H and O–H groups in total. The summed E-state index contributed by atoms with van der Waals surface area (Å²) in [5.41, 5.74) is 0.449. The van der Waals surface area contributed by atoms with E-state index in [2.05, 4.69) is 22.6 Å². The fraction of sp³-hybridized carbons (Fsp3) is 0.438. The Labute approximate surface area is 135 Å². The summed E-state index contributed by atoms with van der Waals surface area (Å²) in [6.45, 7) is 10.8. The highest BCUT2D eigenvalue weighted by molar-refractivity contribution is 6.06. The van der Waals surface area contributed by atoms with Crippen LogP contribution in [0, 0.1) is 0 Å².